The first-order valence-corrected chi connectivity index (χ1v) is 6.36. The van der Waals surface area contributed by atoms with E-state index in [1.54, 1.807) is 11.3 Å². The first-order chi connectivity index (χ1) is 7.47. The van der Waals surface area contributed by atoms with Crippen LogP contribution in [0.15, 0.2) is 35.7 Å². The minimum absolute atomic E-state index is 0.277. The summed E-state index contributed by atoms with van der Waals surface area (Å²) < 4.78 is 0. The van der Waals surface area contributed by atoms with Crippen LogP contribution < -0.4 is 5.73 Å². The minimum Gasteiger partial charge on any atom is -0.322 e. The van der Waals surface area contributed by atoms with Crippen LogP contribution in [0.2, 0.25) is 5.02 Å². The average Bonchev–Trinajstić information content (AvgIpc) is 2.67. The van der Waals surface area contributed by atoms with E-state index in [0.29, 0.717) is 0 Å². The summed E-state index contributed by atoms with van der Waals surface area (Å²) in [5.41, 5.74) is 8.14. The smallest absolute Gasteiger partial charge is 0.0406 e. The zero-order valence-corrected chi connectivity index (χ0v) is 10.9. The number of thiophene rings is 1. The average molecular weight is 252 g/mol. The zero-order chi connectivity index (χ0) is 11.8. The molecule has 0 aliphatic carbocycles. The molecule has 1 heterocycles. The molecule has 0 bridgehead atoms. The maximum atomic E-state index is 6.06. The first kappa shape index (κ1) is 11.6. The van der Waals surface area contributed by atoms with Gasteiger partial charge in [-0.3, -0.25) is 0 Å². The predicted octanol–water partition coefficient (Wildman–Crippen LogP) is 4.26. The maximum absolute atomic E-state index is 6.06. The van der Waals surface area contributed by atoms with Crippen LogP contribution >= 0.6 is 22.9 Å². The number of hydrogen-bond donors (Lipinski definition) is 1. The van der Waals surface area contributed by atoms with Gasteiger partial charge >= 0.3 is 0 Å². The molecule has 0 spiro atoms. The Kier molecular flexibility index (Phi) is 3.06. The quantitative estimate of drug-likeness (QED) is 0.848. The van der Waals surface area contributed by atoms with Gasteiger partial charge in [-0.05, 0) is 48.6 Å². The lowest BCUT2D eigenvalue weighted by molar-refractivity contribution is 0.557. The third kappa shape index (κ3) is 2.46. The highest BCUT2D eigenvalue weighted by Gasteiger charge is 2.16. The zero-order valence-electron chi connectivity index (χ0n) is 9.33. The lowest BCUT2D eigenvalue weighted by Crippen LogP contribution is -2.27. The Bertz CT molecular complexity index is 479. The topological polar surface area (TPSA) is 26.0 Å². The molecular formula is C13H14ClNS. The number of rotatable bonds is 2. The third-order valence-electron chi connectivity index (χ3n) is 2.47. The van der Waals surface area contributed by atoms with Crippen LogP contribution in [0.4, 0.5) is 0 Å². The molecule has 0 radical (unpaired) electrons. The molecule has 0 unspecified atom stereocenters. The Hall–Kier alpha value is -0.830. The van der Waals surface area contributed by atoms with Gasteiger partial charge in [0.2, 0.25) is 0 Å². The second kappa shape index (κ2) is 4.21. The van der Waals surface area contributed by atoms with Crippen LogP contribution in [0.3, 0.4) is 0 Å². The molecule has 0 saturated carbocycles. The molecule has 0 amide bonds. The van der Waals surface area contributed by atoms with E-state index in [4.69, 9.17) is 17.3 Å². The maximum Gasteiger partial charge on any atom is 0.0406 e. The van der Waals surface area contributed by atoms with Gasteiger partial charge in [-0.15, -0.1) is 11.3 Å². The lowest BCUT2D eigenvalue weighted by Gasteiger charge is -2.16. The molecule has 2 N–H and O–H groups in total. The Morgan fingerprint density at radius 2 is 1.81 bits per heavy atom. The van der Waals surface area contributed by atoms with Crippen molar-refractivity contribution in [1.29, 1.82) is 0 Å². The van der Waals surface area contributed by atoms with Gasteiger partial charge in [0.05, 0.1) is 0 Å². The van der Waals surface area contributed by atoms with E-state index in [9.17, 15) is 0 Å². The standard InChI is InChI=1S/C13H14ClNS/c1-13(2,15)10-7-12(16-8-10)9-3-5-11(14)6-4-9/h3-8H,15H2,1-2H3. The van der Waals surface area contributed by atoms with Crippen molar-refractivity contribution in [3.05, 3.63) is 46.3 Å². The summed E-state index contributed by atoms with van der Waals surface area (Å²) in [6.45, 7) is 4.03. The summed E-state index contributed by atoms with van der Waals surface area (Å²) in [6.07, 6.45) is 0. The molecule has 0 aliphatic rings. The molecule has 16 heavy (non-hydrogen) atoms. The van der Waals surface area contributed by atoms with Crippen LogP contribution in [0.25, 0.3) is 10.4 Å². The number of benzene rings is 1. The van der Waals surface area contributed by atoms with E-state index in [2.05, 4.69) is 11.4 Å². The normalized spacial score (nSPS) is 11.8. The monoisotopic (exact) mass is 251 g/mol. The Morgan fingerprint density at radius 1 is 1.19 bits per heavy atom. The molecule has 3 heteroatoms. The second-order valence-electron chi connectivity index (χ2n) is 4.43. The summed E-state index contributed by atoms with van der Waals surface area (Å²) >= 11 is 7.57. The Labute approximate surface area is 105 Å². The lowest BCUT2D eigenvalue weighted by atomic mass is 9.98. The SMILES string of the molecule is CC(C)(N)c1csc(-c2ccc(Cl)cc2)c1. The molecule has 2 aromatic rings. The molecule has 2 rings (SSSR count). The van der Waals surface area contributed by atoms with Gasteiger partial charge in [0.15, 0.2) is 0 Å². The van der Waals surface area contributed by atoms with E-state index in [1.165, 1.54) is 16.0 Å². The predicted molar refractivity (Wildman–Crippen MR) is 72.0 cm³/mol. The van der Waals surface area contributed by atoms with Crippen molar-refractivity contribution in [3.8, 4) is 10.4 Å². The summed E-state index contributed by atoms with van der Waals surface area (Å²) in [4.78, 5) is 1.23. The third-order valence-corrected chi connectivity index (χ3v) is 3.70. The molecule has 0 aliphatic heterocycles. The van der Waals surface area contributed by atoms with Crippen molar-refractivity contribution in [2.24, 2.45) is 5.73 Å². The molecule has 1 aromatic carbocycles. The fourth-order valence-corrected chi connectivity index (χ4v) is 2.66. The van der Waals surface area contributed by atoms with Gasteiger partial charge in [-0.25, -0.2) is 0 Å². The molecule has 84 valence electrons. The highest BCUT2D eigenvalue weighted by Crippen LogP contribution is 2.31. The summed E-state index contributed by atoms with van der Waals surface area (Å²) in [6, 6.07) is 10.0. The highest BCUT2D eigenvalue weighted by molar-refractivity contribution is 7.13. The van der Waals surface area contributed by atoms with Gasteiger partial charge in [-0.2, -0.15) is 0 Å². The summed E-state index contributed by atoms with van der Waals surface area (Å²) in [5, 5.41) is 2.88. The van der Waals surface area contributed by atoms with Crippen molar-refractivity contribution < 1.29 is 0 Å². The molecule has 0 saturated heterocycles. The molecule has 0 fully saturated rings. The van der Waals surface area contributed by atoms with E-state index in [-0.39, 0.29) is 5.54 Å². The number of hydrogen-bond acceptors (Lipinski definition) is 2. The van der Waals surface area contributed by atoms with Gasteiger partial charge in [0.1, 0.15) is 0 Å². The van der Waals surface area contributed by atoms with Crippen LogP contribution in [0, 0.1) is 0 Å². The van der Waals surface area contributed by atoms with Crippen molar-refractivity contribution in [2.45, 2.75) is 19.4 Å². The van der Waals surface area contributed by atoms with Crippen LogP contribution in [0.5, 0.6) is 0 Å². The van der Waals surface area contributed by atoms with Crippen LogP contribution in [0.1, 0.15) is 19.4 Å². The molecule has 1 aromatic heterocycles. The number of nitrogens with two attached hydrogens (primary N) is 1. The van der Waals surface area contributed by atoms with Crippen LogP contribution in [-0.4, -0.2) is 0 Å². The van der Waals surface area contributed by atoms with Gasteiger partial charge < -0.3 is 5.73 Å². The minimum atomic E-state index is -0.277. The molecular weight excluding hydrogens is 238 g/mol. The fraction of sp³-hybridized carbons (Fsp3) is 0.231. The van der Waals surface area contributed by atoms with E-state index in [0.717, 1.165) is 5.02 Å². The molecule has 0 atom stereocenters. The largest absolute Gasteiger partial charge is 0.322 e. The van der Waals surface area contributed by atoms with E-state index < -0.39 is 0 Å². The van der Waals surface area contributed by atoms with E-state index >= 15 is 0 Å². The van der Waals surface area contributed by atoms with Crippen molar-refractivity contribution in [3.63, 3.8) is 0 Å². The van der Waals surface area contributed by atoms with Crippen LogP contribution in [-0.2, 0) is 5.54 Å². The van der Waals surface area contributed by atoms with E-state index in [1.807, 2.05) is 38.1 Å². The first-order valence-electron chi connectivity index (χ1n) is 5.10. The van der Waals surface area contributed by atoms with Crippen molar-refractivity contribution in [1.82, 2.24) is 0 Å². The second-order valence-corrected chi connectivity index (χ2v) is 5.78. The summed E-state index contributed by atoms with van der Waals surface area (Å²) in [7, 11) is 0. The van der Waals surface area contributed by atoms with Gasteiger partial charge in [-0.1, -0.05) is 23.7 Å². The number of halogens is 1. The Balaban J connectivity index is 2.35. The summed E-state index contributed by atoms with van der Waals surface area (Å²) in [5.74, 6) is 0. The Morgan fingerprint density at radius 3 is 2.31 bits per heavy atom. The fourth-order valence-electron chi connectivity index (χ4n) is 1.44. The highest BCUT2D eigenvalue weighted by atomic mass is 35.5. The van der Waals surface area contributed by atoms with Gasteiger partial charge in [0, 0.05) is 15.4 Å². The van der Waals surface area contributed by atoms with Crippen molar-refractivity contribution in [2.75, 3.05) is 0 Å². The molecule has 1 nitrogen and oxygen atoms in total. The van der Waals surface area contributed by atoms with Gasteiger partial charge in [0.25, 0.3) is 0 Å². The van der Waals surface area contributed by atoms with Crippen molar-refractivity contribution >= 4 is 22.9 Å².